The van der Waals surface area contributed by atoms with E-state index in [1.807, 2.05) is 0 Å². The summed E-state index contributed by atoms with van der Waals surface area (Å²) in [5.74, 6) is -0.512. The van der Waals surface area contributed by atoms with Crippen LogP contribution in [0.3, 0.4) is 0 Å². The van der Waals surface area contributed by atoms with E-state index in [0.717, 1.165) is 12.1 Å². The molecule has 0 aliphatic heterocycles. The quantitative estimate of drug-likeness (QED) is 0.778. The summed E-state index contributed by atoms with van der Waals surface area (Å²) in [5.41, 5.74) is -0.139. The van der Waals surface area contributed by atoms with Gasteiger partial charge in [0.25, 0.3) is 5.24 Å². The van der Waals surface area contributed by atoms with Gasteiger partial charge in [-0.3, -0.25) is 4.79 Å². The minimum Gasteiger partial charge on any atom is -0.497 e. The van der Waals surface area contributed by atoms with Crippen molar-refractivity contribution in [1.82, 2.24) is 0 Å². The molecule has 0 saturated heterocycles. The molecule has 1 aromatic rings. The standard InChI is InChI=1S/C9H6ClF3O3/c1-15-6-2-5(8(10)14)3-7(4-6)16-9(11,12)13/h2-4H,1H3. The molecule has 0 spiro atoms. The van der Waals surface area contributed by atoms with E-state index in [4.69, 9.17) is 16.3 Å². The van der Waals surface area contributed by atoms with Crippen LogP contribution in [0.15, 0.2) is 18.2 Å². The molecule has 0 heterocycles. The van der Waals surface area contributed by atoms with Gasteiger partial charge in [-0.15, -0.1) is 13.2 Å². The summed E-state index contributed by atoms with van der Waals surface area (Å²) in [6.45, 7) is 0. The van der Waals surface area contributed by atoms with Gasteiger partial charge >= 0.3 is 6.36 Å². The van der Waals surface area contributed by atoms with Crippen molar-refractivity contribution in [2.45, 2.75) is 6.36 Å². The maximum absolute atomic E-state index is 11.9. The van der Waals surface area contributed by atoms with Gasteiger partial charge in [0.15, 0.2) is 0 Å². The van der Waals surface area contributed by atoms with Gasteiger partial charge in [0.05, 0.1) is 7.11 Å². The molecule has 0 fully saturated rings. The summed E-state index contributed by atoms with van der Waals surface area (Å²) in [4.78, 5) is 10.8. The molecule has 0 amide bonds. The van der Waals surface area contributed by atoms with Crippen LogP contribution >= 0.6 is 11.6 Å². The number of alkyl halides is 3. The zero-order valence-electron chi connectivity index (χ0n) is 7.97. The Morgan fingerprint density at radius 2 is 1.81 bits per heavy atom. The highest BCUT2D eigenvalue weighted by Gasteiger charge is 2.31. The summed E-state index contributed by atoms with van der Waals surface area (Å²) in [6, 6.07) is 3.08. The lowest BCUT2D eigenvalue weighted by Gasteiger charge is -2.10. The molecular formula is C9H6ClF3O3. The number of methoxy groups -OCH3 is 1. The van der Waals surface area contributed by atoms with Crippen molar-refractivity contribution >= 4 is 16.8 Å². The number of hydrogen-bond acceptors (Lipinski definition) is 3. The van der Waals surface area contributed by atoms with Gasteiger partial charge in [0.2, 0.25) is 0 Å². The van der Waals surface area contributed by atoms with Crippen molar-refractivity contribution < 1.29 is 27.4 Å². The molecule has 1 rings (SSSR count). The van der Waals surface area contributed by atoms with Crippen LogP contribution in [-0.2, 0) is 0 Å². The second-order valence-electron chi connectivity index (χ2n) is 2.72. The van der Waals surface area contributed by atoms with Crippen LogP contribution < -0.4 is 9.47 Å². The lowest BCUT2D eigenvalue weighted by Crippen LogP contribution is -2.17. The lowest BCUT2D eigenvalue weighted by molar-refractivity contribution is -0.274. The molecule has 3 nitrogen and oxygen atoms in total. The van der Waals surface area contributed by atoms with E-state index in [1.165, 1.54) is 13.2 Å². The molecule has 0 radical (unpaired) electrons. The second-order valence-corrected chi connectivity index (χ2v) is 3.06. The molecule has 0 N–H and O–H groups in total. The van der Waals surface area contributed by atoms with Gasteiger partial charge in [-0.1, -0.05) is 0 Å². The third-order valence-corrected chi connectivity index (χ3v) is 1.79. The number of rotatable bonds is 3. The molecule has 7 heteroatoms. The summed E-state index contributed by atoms with van der Waals surface area (Å²) in [6.07, 6.45) is -4.83. The predicted molar refractivity (Wildman–Crippen MR) is 49.9 cm³/mol. The Hall–Kier alpha value is -1.43. The van der Waals surface area contributed by atoms with Crippen molar-refractivity contribution in [3.63, 3.8) is 0 Å². The van der Waals surface area contributed by atoms with Crippen molar-refractivity contribution in [3.8, 4) is 11.5 Å². The molecule has 88 valence electrons. The molecule has 16 heavy (non-hydrogen) atoms. The number of carbonyl (C=O) groups is 1. The number of benzene rings is 1. The molecule has 0 atom stereocenters. The Kier molecular flexibility index (Phi) is 3.64. The van der Waals surface area contributed by atoms with E-state index in [9.17, 15) is 18.0 Å². The average molecular weight is 255 g/mol. The Balaban J connectivity index is 3.09. The molecular weight excluding hydrogens is 249 g/mol. The van der Waals surface area contributed by atoms with E-state index < -0.39 is 17.4 Å². The fraction of sp³-hybridized carbons (Fsp3) is 0.222. The molecule has 0 saturated carbocycles. The fourth-order valence-electron chi connectivity index (χ4n) is 0.996. The van der Waals surface area contributed by atoms with Gasteiger partial charge in [0, 0.05) is 11.6 Å². The van der Waals surface area contributed by atoms with Crippen molar-refractivity contribution in [2.75, 3.05) is 7.11 Å². The first-order valence-corrected chi connectivity index (χ1v) is 4.34. The minimum atomic E-state index is -4.83. The highest BCUT2D eigenvalue weighted by Crippen LogP contribution is 2.28. The van der Waals surface area contributed by atoms with E-state index in [-0.39, 0.29) is 11.3 Å². The van der Waals surface area contributed by atoms with Crippen molar-refractivity contribution in [3.05, 3.63) is 23.8 Å². The molecule has 0 aromatic heterocycles. The van der Waals surface area contributed by atoms with Crippen LogP contribution in [0.4, 0.5) is 13.2 Å². The first kappa shape index (κ1) is 12.6. The normalized spacial score (nSPS) is 11.1. The average Bonchev–Trinajstić information content (AvgIpc) is 2.14. The van der Waals surface area contributed by atoms with Crippen LogP contribution in [0.2, 0.25) is 0 Å². The largest absolute Gasteiger partial charge is 0.573 e. The van der Waals surface area contributed by atoms with Crippen LogP contribution in [0.1, 0.15) is 10.4 Å². The van der Waals surface area contributed by atoms with Crippen LogP contribution in [0, 0.1) is 0 Å². The molecule has 0 bridgehead atoms. The summed E-state index contributed by atoms with van der Waals surface area (Å²) >= 11 is 5.14. The SMILES string of the molecule is COc1cc(OC(F)(F)F)cc(C(=O)Cl)c1. The highest BCUT2D eigenvalue weighted by molar-refractivity contribution is 6.67. The summed E-state index contributed by atoms with van der Waals surface area (Å²) < 4.78 is 44.1. The van der Waals surface area contributed by atoms with E-state index in [2.05, 4.69) is 4.74 Å². The van der Waals surface area contributed by atoms with Gasteiger partial charge in [-0.25, -0.2) is 0 Å². The topological polar surface area (TPSA) is 35.5 Å². The number of ether oxygens (including phenoxy) is 2. The van der Waals surface area contributed by atoms with Gasteiger partial charge in [-0.05, 0) is 23.7 Å². The fourth-order valence-corrected chi connectivity index (χ4v) is 1.10. The highest BCUT2D eigenvalue weighted by atomic mass is 35.5. The van der Waals surface area contributed by atoms with E-state index >= 15 is 0 Å². The van der Waals surface area contributed by atoms with Crippen molar-refractivity contribution in [1.29, 1.82) is 0 Å². The first-order chi connectivity index (χ1) is 7.31. The maximum Gasteiger partial charge on any atom is 0.573 e. The smallest absolute Gasteiger partial charge is 0.497 e. The molecule has 0 aliphatic rings. The monoisotopic (exact) mass is 254 g/mol. The zero-order valence-corrected chi connectivity index (χ0v) is 8.72. The third kappa shape index (κ3) is 3.62. The van der Waals surface area contributed by atoms with Crippen molar-refractivity contribution in [2.24, 2.45) is 0 Å². The molecule has 0 aliphatic carbocycles. The van der Waals surface area contributed by atoms with Gasteiger partial charge in [-0.2, -0.15) is 0 Å². The lowest BCUT2D eigenvalue weighted by atomic mass is 10.2. The molecule has 0 unspecified atom stereocenters. The molecule has 1 aromatic carbocycles. The van der Waals surface area contributed by atoms with Crippen LogP contribution in [0.25, 0.3) is 0 Å². The van der Waals surface area contributed by atoms with Crippen LogP contribution in [-0.4, -0.2) is 18.7 Å². The number of hydrogen-bond donors (Lipinski definition) is 0. The summed E-state index contributed by atoms with van der Waals surface area (Å²) in [5, 5.41) is -0.897. The summed E-state index contributed by atoms with van der Waals surface area (Å²) in [7, 11) is 1.25. The van der Waals surface area contributed by atoms with Crippen LogP contribution in [0.5, 0.6) is 11.5 Å². The Morgan fingerprint density at radius 3 is 2.25 bits per heavy atom. The second kappa shape index (κ2) is 4.61. The predicted octanol–water partition coefficient (Wildman–Crippen LogP) is 2.97. The zero-order chi connectivity index (χ0) is 12.3. The first-order valence-electron chi connectivity index (χ1n) is 3.96. The Labute approximate surface area is 93.7 Å². The van der Waals surface area contributed by atoms with E-state index in [1.54, 1.807) is 0 Å². The number of carbonyl (C=O) groups excluding carboxylic acids is 1. The van der Waals surface area contributed by atoms with Gasteiger partial charge in [0.1, 0.15) is 11.5 Å². The maximum atomic E-state index is 11.9. The Bertz CT molecular complexity index is 403. The third-order valence-electron chi connectivity index (χ3n) is 1.58. The minimum absolute atomic E-state index is 0.0470. The Morgan fingerprint density at radius 1 is 1.25 bits per heavy atom. The van der Waals surface area contributed by atoms with Gasteiger partial charge < -0.3 is 9.47 Å². The number of halogens is 4. The van der Waals surface area contributed by atoms with E-state index in [0.29, 0.717) is 0 Å².